The van der Waals surface area contributed by atoms with E-state index in [0.29, 0.717) is 5.92 Å². The lowest BCUT2D eigenvalue weighted by molar-refractivity contribution is 0.401. The van der Waals surface area contributed by atoms with E-state index in [1.165, 1.54) is 89.9 Å². The molecule has 24 heavy (non-hydrogen) atoms. The van der Waals surface area contributed by atoms with E-state index < -0.39 is 0 Å². The summed E-state index contributed by atoms with van der Waals surface area (Å²) in [5.74, 6) is 2.52. The van der Waals surface area contributed by atoms with E-state index in [0.717, 1.165) is 11.8 Å². The van der Waals surface area contributed by atoms with Gasteiger partial charge in [0.2, 0.25) is 0 Å². The average molecular weight is 331 g/mol. The Hall–Kier alpha value is -0.780. The number of hydrogen-bond acceptors (Lipinski definition) is 0. The molecular weight excluding hydrogens is 288 g/mol. The van der Waals surface area contributed by atoms with Crippen molar-refractivity contribution < 1.29 is 0 Å². The molecule has 0 heterocycles. The lowest BCUT2D eigenvalue weighted by Gasteiger charge is -2.16. The Balaban J connectivity index is 2.18. The highest BCUT2D eigenvalue weighted by Crippen LogP contribution is 2.36. The molecule has 0 radical (unpaired) electrons. The second kappa shape index (κ2) is 14.6. The van der Waals surface area contributed by atoms with Crippen LogP contribution < -0.4 is 0 Å². The SMILES string of the molecule is C=CCCCCCCC[C@H]1CCC[C@@H]1C=CCC(C=C)CCCC. The van der Waals surface area contributed by atoms with Gasteiger partial charge in [-0.2, -0.15) is 0 Å². The highest BCUT2D eigenvalue weighted by Gasteiger charge is 2.24. The molecule has 1 aliphatic rings. The van der Waals surface area contributed by atoms with E-state index in [-0.39, 0.29) is 0 Å². The molecule has 138 valence electrons. The summed E-state index contributed by atoms with van der Waals surface area (Å²) >= 11 is 0. The minimum absolute atomic E-state index is 0.691. The second-order valence-corrected chi connectivity index (χ2v) is 7.79. The third kappa shape index (κ3) is 9.50. The first-order chi connectivity index (χ1) is 11.8. The Bertz CT molecular complexity index is 338. The van der Waals surface area contributed by atoms with Gasteiger partial charge >= 0.3 is 0 Å². The summed E-state index contributed by atoms with van der Waals surface area (Å²) in [5.41, 5.74) is 0. The van der Waals surface area contributed by atoms with Crippen molar-refractivity contribution in [2.75, 3.05) is 0 Å². The van der Waals surface area contributed by atoms with Crippen molar-refractivity contribution >= 4 is 0 Å². The average Bonchev–Trinajstić information content (AvgIpc) is 3.04. The minimum atomic E-state index is 0.691. The Kier molecular flexibility index (Phi) is 12.9. The van der Waals surface area contributed by atoms with Gasteiger partial charge in [0.1, 0.15) is 0 Å². The van der Waals surface area contributed by atoms with Crippen molar-refractivity contribution in [2.45, 2.75) is 96.8 Å². The molecule has 0 heteroatoms. The van der Waals surface area contributed by atoms with Crippen molar-refractivity contribution in [1.29, 1.82) is 0 Å². The third-order valence-electron chi connectivity index (χ3n) is 5.78. The summed E-state index contributed by atoms with van der Waals surface area (Å²) in [7, 11) is 0. The molecule has 3 atom stereocenters. The summed E-state index contributed by atoms with van der Waals surface area (Å²) in [6.07, 6.45) is 28.4. The van der Waals surface area contributed by atoms with Crippen LogP contribution in [0, 0.1) is 17.8 Å². The normalized spacial score (nSPS) is 22.0. The molecule has 0 saturated heterocycles. The van der Waals surface area contributed by atoms with Gasteiger partial charge in [-0.25, -0.2) is 0 Å². The summed E-state index contributed by atoms with van der Waals surface area (Å²) in [6, 6.07) is 0. The zero-order chi connectivity index (χ0) is 17.5. The van der Waals surface area contributed by atoms with Gasteiger partial charge in [0.25, 0.3) is 0 Å². The van der Waals surface area contributed by atoms with Crippen molar-refractivity contribution in [3.05, 3.63) is 37.5 Å². The van der Waals surface area contributed by atoms with Crippen LogP contribution in [0.1, 0.15) is 96.8 Å². The number of hydrogen-bond donors (Lipinski definition) is 0. The number of allylic oxidation sites excluding steroid dienone is 4. The van der Waals surface area contributed by atoms with Crippen LogP contribution in [-0.2, 0) is 0 Å². The van der Waals surface area contributed by atoms with Crippen LogP contribution in [0.4, 0.5) is 0 Å². The van der Waals surface area contributed by atoms with Crippen molar-refractivity contribution in [3.8, 4) is 0 Å². The van der Waals surface area contributed by atoms with Gasteiger partial charge in [0.05, 0.1) is 0 Å². The molecule has 0 aliphatic heterocycles. The predicted octanol–water partition coefficient (Wildman–Crippen LogP) is 8.26. The highest BCUT2D eigenvalue weighted by atomic mass is 14.3. The number of rotatable bonds is 15. The molecule has 1 saturated carbocycles. The number of unbranched alkanes of at least 4 members (excludes halogenated alkanes) is 6. The second-order valence-electron chi connectivity index (χ2n) is 7.79. The molecule has 1 rings (SSSR count). The van der Waals surface area contributed by atoms with Crippen LogP contribution in [0.15, 0.2) is 37.5 Å². The van der Waals surface area contributed by atoms with E-state index in [9.17, 15) is 0 Å². The maximum Gasteiger partial charge on any atom is -0.0202 e. The van der Waals surface area contributed by atoms with Gasteiger partial charge in [-0.3, -0.25) is 0 Å². The van der Waals surface area contributed by atoms with Gasteiger partial charge < -0.3 is 0 Å². The molecular formula is C24H42. The van der Waals surface area contributed by atoms with Gasteiger partial charge in [-0.15, -0.1) is 13.2 Å². The zero-order valence-corrected chi connectivity index (χ0v) is 16.4. The standard InChI is InChI=1S/C24H42/c1-4-7-9-10-11-12-13-18-23-20-15-21-24(23)19-14-17-22(6-3)16-8-5-2/h4,6,14,19,22-24H,1,3,5,7-13,15-18,20-21H2,2H3/t22?,23-,24-/m0/s1. The Morgan fingerprint density at radius 1 is 1.00 bits per heavy atom. The maximum absolute atomic E-state index is 4.02. The Morgan fingerprint density at radius 2 is 1.79 bits per heavy atom. The lowest BCUT2D eigenvalue weighted by atomic mass is 9.89. The van der Waals surface area contributed by atoms with Crippen molar-refractivity contribution in [1.82, 2.24) is 0 Å². The van der Waals surface area contributed by atoms with Crippen LogP contribution in [0.2, 0.25) is 0 Å². The molecule has 0 nitrogen and oxygen atoms in total. The lowest BCUT2D eigenvalue weighted by Crippen LogP contribution is -2.05. The van der Waals surface area contributed by atoms with Crippen molar-refractivity contribution in [3.63, 3.8) is 0 Å². The molecule has 0 aromatic heterocycles. The molecule has 1 aliphatic carbocycles. The van der Waals surface area contributed by atoms with Crippen molar-refractivity contribution in [2.24, 2.45) is 17.8 Å². The van der Waals surface area contributed by atoms with Crippen LogP contribution >= 0.6 is 0 Å². The maximum atomic E-state index is 4.02. The third-order valence-corrected chi connectivity index (χ3v) is 5.78. The smallest absolute Gasteiger partial charge is 0.0202 e. The fourth-order valence-electron chi connectivity index (χ4n) is 4.13. The minimum Gasteiger partial charge on any atom is -0.103 e. The predicted molar refractivity (Wildman–Crippen MR) is 110 cm³/mol. The highest BCUT2D eigenvalue weighted by molar-refractivity contribution is 4.97. The molecule has 0 amide bonds. The first-order valence-electron chi connectivity index (χ1n) is 10.7. The molecule has 1 fully saturated rings. The first-order valence-corrected chi connectivity index (χ1v) is 10.7. The van der Waals surface area contributed by atoms with E-state index in [4.69, 9.17) is 0 Å². The summed E-state index contributed by atoms with van der Waals surface area (Å²) in [5, 5.41) is 0. The molecule has 0 spiro atoms. The van der Waals surface area contributed by atoms with Crippen LogP contribution in [0.5, 0.6) is 0 Å². The van der Waals surface area contributed by atoms with E-state index in [2.05, 4.69) is 44.4 Å². The fraction of sp³-hybridized carbons (Fsp3) is 0.750. The largest absolute Gasteiger partial charge is 0.103 e. The Labute approximate surface area is 152 Å². The molecule has 0 N–H and O–H groups in total. The quantitative estimate of drug-likeness (QED) is 0.209. The van der Waals surface area contributed by atoms with Gasteiger partial charge in [-0.1, -0.05) is 76.2 Å². The van der Waals surface area contributed by atoms with E-state index in [1.54, 1.807) is 0 Å². The van der Waals surface area contributed by atoms with E-state index >= 15 is 0 Å². The summed E-state index contributed by atoms with van der Waals surface area (Å²) < 4.78 is 0. The topological polar surface area (TPSA) is 0 Å². The zero-order valence-electron chi connectivity index (χ0n) is 16.4. The first kappa shape index (κ1) is 21.3. The van der Waals surface area contributed by atoms with Gasteiger partial charge in [0.15, 0.2) is 0 Å². The van der Waals surface area contributed by atoms with Gasteiger partial charge in [-0.05, 0) is 62.7 Å². The Morgan fingerprint density at radius 3 is 2.54 bits per heavy atom. The molecule has 1 unspecified atom stereocenters. The fourth-order valence-corrected chi connectivity index (χ4v) is 4.13. The van der Waals surface area contributed by atoms with Crippen LogP contribution in [0.3, 0.4) is 0 Å². The van der Waals surface area contributed by atoms with Crippen LogP contribution in [-0.4, -0.2) is 0 Å². The van der Waals surface area contributed by atoms with Gasteiger partial charge in [0, 0.05) is 0 Å². The van der Waals surface area contributed by atoms with E-state index in [1.807, 2.05) is 0 Å². The molecule has 0 aromatic carbocycles. The summed E-state index contributed by atoms with van der Waals surface area (Å²) in [6.45, 7) is 10.1. The molecule has 0 bridgehead atoms. The molecule has 0 aromatic rings. The van der Waals surface area contributed by atoms with Crippen LogP contribution in [0.25, 0.3) is 0 Å². The monoisotopic (exact) mass is 330 g/mol. The summed E-state index contributed by atoms with van der Waals surface area (Å²) in [4.78, 5) is 0.